The third-order valence-electron chi connectivity index (χ3n) is 5.14. The van der Waals surface area contributed by atoms with Gasteiger partial charge in [0.2, 0.25) is 0 Å². The maximum absolute atomic E-state index is 12.5. The molecule has 0 fully saturated rings. The Bertz CT molecular complexity index is 1250. The SMILES string of the molecule is CCCc1ccc(C(=O)NNC(=O)c2csc(-c3ccccc3OCc3ccccc3)n2)cc1. The molecule has 0 unspecified atom stereocenters. The molecule has 0 bridgehead atoms. The van der Waals surface area contributed by atoms with Crippen molar-refractivity contribution in [2.45, 2.75) is 26.4 Å². The van der Waals surface area contributed by atoms with Crippen LogP contribution in [-0.2, 0) is 13.0 Å². The van der Waals surface area contributed by atoms with Crippen LogP contribution >= 0.6 is 11.3 Å². The normalized spacial score (nSPS) is 10.5. The van der Waals surface area contributed by atoms with Crippen LogP contribution in [0.4, 0.5) is 0 Å². The predicted octanol–water partition coefficient (Wildman–Crippen LogP) is 5.42. The van der Waals surface area contributed by atoms with Crippen molar-refractivity contribution in [1.82, 2.24) is 15.8 Å². The standard InChI is InChI=1S/C27H25N3O3S/c1-2-8-19-13-15-21(16-14-19)25(31)29-30-26(32)23-18-34-27(28-23)22-11-6-7-12-24(22)33-17-20-9-4-3-5-10-20/h3-7,9-16,18H,2,8,17H2,1H3,(H,29,31)(H,30,32). The Kier molecular flexibility index (Phi) is 7.67. The Morgan fingerprint density at radius 1 is 0.853 bits per heavy atom. The van der Waals surface area contributed by atoms with E-state index in [4.69, 9.17) is 4.74 Å². The number of carbonyl (C=O) groups is 2. The van der Waals surface area contributed by atoms with Crippen molar-refractivity contribution in [1.29, 1.82) is 0 Å². The topological polar surface area (TPSA) is 80.3 Å². The fourth-order valence-corrected chi connectivity index (χ4v) is 4.20. The van der Waals surface area contributed by atoms with E-state index >= 15 is 0 Å². The summed E-state index contributed by atoms with van der Waals surface area (Å²) in [6.45, 7) is 2.54. The molecular weight excluding hydrogens is 446 g/mol. The van der Waals surface area contributed by atoms with E-state index < -0.39 is 5.91 Å². The van der Waals surface area contributed by atoms with Gasteiger partial charge in [0, 0.05) is 10.9 Å². The van der Waals surface area contributed by atoms with Crippen molar-refractivity contribution in [3.63, 3.8) is 0 Å². The smallest absolute Gasteiger partial charge is 0.289 e. The van der Waals surface area contributed by atoms with Gasteiger partial charge >= 0.3 is 0 Å². The molecule has 0 atom stereocenters. The van der Waals surface area contributed by atoms with Crippen LogP contribution in [-0.4, -0.2) is 16.8 Å². The summed E-state index contributed by atoms with van der Waals surface area (Å²) in [4.78, 5) is 29.4. The molecule has 1 aromatic heterocycles. The lowest BCUT2D eigenvalue weighted by atomic mass is 10.1. The Labute approximate surface area is 202 Å². The van der Waals surface area contributed by atoms with Gasteiger partial charge in [-0.1, -0.05) is 67.9 Å². The fourth-order valence-electron chi connectivity index (χ4n) is 3.37. The number of nitrogens with one attached hydrogen (secondary N) is 2. The van der Waals surface area contributed by atoms with Gasteiger partial charge in [-0.3, -0.25) is 20.4 Å². The lowest BCUT2D eigenvalue weighted by Crippen LogP contribution is -2.41. The summed E-state index contributed by atoms with van der Waals surface area (Å²) in [5, 5.41) is 2.32. The van der Waals surface area contributed by atoms with Gasteiger partial charge in [-0.15, -0.1) is 11.3 Å². The van der Waals surface area contributed by atoms with Gasteiger partial charge in [-0.25, -0.2) is 4.98 Å². The molecular formula is C27H25N3O3S. The van der Waals surface area contributed by atoms with E-state index in [9.17, 15) is 9.59 Å². The predicted molar refractivity (Wildman–Crippen MR) is 134 cm³/mol. The number of nitrogens with zero attached hydrogens (tertiary/aromatic N) is 1. The van der Waals surface area contributed by atoms with Crippen LogP contribution in [0.1, 0.15) is 45.3 Å². The molecule has 6 nitrogen and oxygen atoms in total. The molecule has 172 valence electrons. The van der Waals surface area contributed by atoms with E-state index in [1.54, 1.807) is 17.5 Å². The Hall–Kier alpha value is -3.97. The highest BCUT2D eigenvalue weighted by molar-refractivity contribution is 7.13. The summed E-state index contributed by atoms with van der Waals surface area (Å²) < 4.78 is 6.01. The Morgan fingerprint density at radius 2 is 1.56 bits per heavy atom. The minimum atomic E-state index is -0.485. The molecule has 0 saturated heterocycles. The second-order valence-corrected chi connectivity index (χ2v) is 8.52. The second kappa shape index (κ2) is 11.2. The monoisotopic (exact) mass is 471 g/mol. The lowest BCUT2D eigenvalue weighted by Gasteiger charge is -2.10. The summed E-state index contributed by atoms with van der Waals surface area (Å²) in [6.07, 6.45) is 2.01. The van der Waals surface area contributed by atoms with Gasteiger partial charge in [-0.2, -0.15) is 0 Å². The van der Waals surface area contributed by atoms with Crippen molar-refractivity contribution in [3.8, 4) is 16.3 Å². The number of hydrogen-bond acceptors (Lipinski definition) is 5. The highest BCUT2D eigenvalue weighted by Gasteiger charge is 2.16. The van der Waals surface area contributed by atoms with Crippen LogP contribution < -0.4 is 15.6 Å². The van der Waals surface area contributed by atoms with Crippen LogP contribution in [0.15, 0.2) is 84.2 Å². The second-order valence-electron chi connectivity index (χ2n) is 7.66. The first-order valence-corrected chi connectivity index (χ1v) is 11.9. The quantitative estimate of drug-likeness (QED) is 0.337. The maximum atomic E-state index is 12.5. The molecule has 4 aromatic rings. The van der Waals surface area contributed by atoms with Crippen molar-refractivity contribution in [2.75, 3.05) is 0 Å². The number of rotatable bonds is 8. The number of aromatic nitrogens is 1. The van der Waals surface area contributed by atoms with E-state index in [2.05, 4.69) is 22.8 Å². The average Bonchev–Trinajstić information content (AvgIpc) is 3.38. The first kappa shape index (κ1) is 23.2. The molecule has 0 radical (unpaired) electrons. The number of hydrazine groups is 1. The molecule has 2 N–H and O–H groups in total. The van der Waals surface area contributed by atoms with Crippen LogP contribution in [0.25, 0.3) is 10.6 Å². The van der Waals surface area contributed by atoms with E-state index in [-0.39, 0.29) is 11.6 Å². The molecule has 0 aliphatic heterocycles. The van der Waals surface area contributed by atoms with Gasteiger partial charge in [0.05, 0.1) is 5.56 Å². The molecule has 0 spiro atoms. The number of benzene rings is 3. The average molecular weight is 472 g/mol. The number of thiazole rings is 1. The molecule has 1 heterocycles. The Balaban J connectivity index is 1.38. The highest BCUT2D eigenvalue weighted by atomic mass is 32.1. The Morgan fingerprint density at radius 3 is 2.32 bits per heavy atom. The first-order valence-electron chi connectivity index (χ1n) is 11.1. The summed E-state index contributed by atoms with van der Waals surface area (Å²) in [7, 11) is 0. The number of ether oxygens (including phenoxy) is 1. The summed E-state index contributed by atoms with van der Waals surface area (Å²) in [5.41, 5.74) is 8.62. The van der Waals surface area contributed by atoms with E-state index in [0.29, 0.717) is 22.9 Å². The molecule has 7 heteroatoms. The van der Waals surface area contributed by atoms with E-state index in [1.807, 2.05) is 66.7 Å². The highest BCUT2D eigenvalue weighted by Crippen LogP contribution is 2.32. The summed E-state index contributed by atoms with van der Waals surface area (Å²) >= 11 is 1.34. The largest absolute Gasteiger partial charge is 0.488 e. The fraction of sp³-hybridized carbons (Fsp3) is 0.148. The van der Waals surface area contributed by atoms with E-state index in [0.717, 1.165) is 24.0 Å². The lowest BCUT2D eigenvalue weighted by molar-refractivity contribution is 0.0844. The number of hydrogen-bond donors (Lipinski definition) is 2. The molecule has 4 rings (SSSR count). The van der Waals surface area contributed by atoms with Crippen molar-refractivity contribution >= 4 is 23.2 Å². The number of amides is 2. The zero-order valence-corrected chi connectivity index (χ0v) is 19.6. The first-order chi connectivity index (χ1) is 16.6. The van der Waals surface area contributed by atoms with Crippen molar-refractivity contribution in [3.05, 3.63) is 107 Å². The van der Waals surface area contributed by atoms with E-state index in [1.165, 1.54) is 16.9 Å². The number of carbonyl (C=O) groups excluding carboxylic acids is 2. The van der Waals surface area contributed by atoms with Crippen LogP contribution in [0.5, 0.6) is 5.75 Å². The number of para-hydroxylation sites is 1. The summed E-state index contributed by atoms with van der Waals surface area (Å²) in [6, 6.07) is 24.8. The molecule has 0 aliphatic carbocycles. The minimum Gasteiger partial charge on any atom is -0.488 e. The maximum Gasteiger partial charge on any atom is 0.289 e. The van der Waals surface area contributed by atoms with Crippen LogP contribution in [0.2, 0.25) is 0 Å². The zero-order valence-electron chi connectivity index (χ0n) is 18.8. The van der Waals surface area contributed by atoms with Gasteiger partial charge in [0.15, 0.2) is 0 Å². The molecule has 3 aromatic carbocycles. The van der Waals surface area contributed by atoms with Crippen LogP contribution in [0.3, 0.4) is 0 Å². The van der Waals surface area contributed by atoms with Gasteiger partial charge < -0.3 is 4.74 Å². The molecule has 2 amide bonds. The van der Waals surface area contributed by atoms with Gasteiger partial charge in [-0.05, 0) is 41.8 Å². The molecule has 0 aliphatic rings. The van der Waals surface area contributed by atoms with Crippen molar-refractivity contribution < 1.29 is 14.3 Å². The van der Waals surface area contributed by atoms with Crippen molar-refractivity contribution in [2.24, 2.45) is 0 Å². The third-order valence-corrected chi connectivity index (χ3v) is 6.01. The van der Waals surface area contributed by atoms with Crippen LogP contribution in [0, 0.1) is 0 Å². The van der Waals surface area contributed by atoms with Gasteiger partial charge in [0.1, 0.15) is 23.1 Å². The minimum absolute atomic E-state index is 0.219. The molecule has 34 heavy (non-hydrogen) atoms. The number of aryl methyl sites for hydroxylation is 1. The third kappa shape index (κ3) is 5.88. The zero-order chi connectivity index (χ0) is 23.8. The summed E-state index contributed by atoms with van der Waals surface area (Å²) in [5.74, 6) is -0.180. The van der Waals surface area contributed by atoms with Gasteiger partial charge in [0.25, 0.3) is 11.8 Å². The molecule has 0 saturated carbocycles.